The molecule has 1 fully saturated rings. The summed E-state index contributed by atoms with van der Waals surface area (Å²) < 4.78 is 16.0. The molecule has 0 aromatic carbocycles. The number of likely N-dealkylation sites (N-methyl/N-ethyl adjacent to an activating group) is 1. The van der Waals surface area contributed by atoms with Gasteiger partial charge in [-0.15, -0.1) is 0 Å². The lowest BCUT2D eigenvalue weighted by molar-refractivity contribution is 0.00787. The first-order chi connectivity index (χ1) is 10.2. The number of aliphatic hydroxyl groups is 1. The van der Waals surface area contributed by atoms with Crippen molar-refractivity contribution >= 4 is 0 Å². The number of methoxy groups -OCH3 is 1. The standard InChI is InChI=1S/C15H26N2O4/c1-16(11-14-3-4-15(21-14)12-19-2)9-13(18)10-17-5-7-20-8-6-17/h3-4,13,18H,5-12H2,1-2H3. The Morgan fingerprint density at radius 1 is 1.33 bits per heavy atom. The average Bonchev–Trinajstić information content (AvgIpc) is 2.87. The Balaban J connectivity index is 1.70. The van der Waals surface area contributed by atoms with Crippen LogP contribution >= 0.6 is 0 Å². The van der Waals surface area contributed by atoms with Gasteiger partial charge < -0.3 is 19.0 Å². The van der Waals surface area contributed by atoms with Crippen LogP contribution in [-0.2, 0) is 22.6 Å². The van der Waals surface area contributed by atoms with E-state index >= 15 is 0 Å². The summed E-state index contributed by atoms with van der Waals surface area (Å²) in [6.07, 6.45) is -0.360. The second-order valence-electron chi connectivity index (χ2n) is 5.56. The van der Waals surface area contributed by atoms with Gasteiger partial charge in [0.1, 0.15) is 18.1 Å². The van der Waals surface area contributed by atoms with E-state index in [1.807, 2.05) is 19.2 Å². The third-order valence-corrected chi connectivity index (χ3v) is 3.52. The molecule has 1 aromatic heterocycles. The molecular formula is C15H26N2O4. The summed E-state index contributed by atoms with van der Waals surface area (Å²) >= 11 is 0. The molecule has 0 spiro atoms. The molecule has 2 rings (SSSR count). The van der Waals surface area contributed by atoms with E-state index in [2.05, 4.69) is 9.80 Å². The van der Waals surface area contributed by atoms with Crippen LogP contribution in [0.25, 0.3) is 0 Å². The lowest BCUT2D eigenvalue weighted by Gasteiger charge is -2.29. The monoisotopic (exact) mass is 298 g/mol. The maximum atomic E-state index is 10.2. The molecule has 2 heterocycles. The van der Waals surface area contributed by atoms with Crippen LogP contribution < -0.4 is 0 Å². The van der Waals surface area contributed by atoms with Crippen molar-refractivity contribution in [3.05, 3.63) is 23.7 Å². The predicted molar refractivity (Wildman–Crippen MR) is 79.0 cm³/mol. The number of ether oxygens (including phenoxy) is 2. The molecule has 6 nitrogen and oxygen atoms in total. The minimum Gasteiger partial charge on any atom is -0.462 e. The molecule has 1 unspecified atom stereocenters. The summed E-state index contributed by atoms with van der Waals surface area (Å²) in [6, 6.07) is 3.88. The van der Waals surface area contributed by atoms with Crippen LogP contribution in [0.15, 0.2) is 16.5 Å². The second kappa shape index (κ2) is 8.51. The van der Waals surface area contributed by atoms with Gasteiger partial charge in [-0.25, -0.2) is 0 Å². The largest absolute Gasteiger partial charge is 0.462 e. The Morgan fingerprint density at radius 2 is 2.05 bits per heavy atom. The molecular weight excluding hydrogens is 272 g/mol. The van der Waals surface area contributed by atoms with Gasteiger partial charge in [0.05, 0.1) is 25.9 Å². The highest BCUT2D eigenvalue weighted by molar-refractivity contribution is 5.06. The van der Waals surface area contributed by atoms with E-state index in [0.717, 1.165) is 37.8 Å². The minimum absolute atomic E-state index is 0.360. The second-order valence-corrected chi connectivity index (χ2v) is 5.56. The first-order valence-electron chi connectivity index (χ1n) is 7.40. The van der Waals surface area contributed by atoms with Crippen LogP contribution in [0.5, 0.6) is 0 Å². The van der Waals surface area contributed by atoms with Crippen molar-refractivity contribution in [3.8, 4) is 0 Å². The first kappa shape index (κ1) is 16.5. The Bertz CT molecular complexity index is 404. The van der Waals surface area contributed by atoms with Crippen LogP contribution in [0, 0.1) is 0 Å². The van der Waals surface area contributed by atoms with Crippen molar-refractivity contribution < 1.29 is 19.0 Å². The zero-order valence-corrected chi connectivity index (χ0v) is 13.0. The Kier molecular flexibility index (Phi) is 6.66. The minimum atomic E-state index is -0.360. The fraction of sp³-hybridized carbons (Fsp3) is 0.733. The highest BCUT2D eigenvalue weighted by Gasteiger charge is 2.16. The van der Waals surface area contributed by atoms with Crippen molar-refractivity contribution in [2.45, 2.75) is 19.3 Å². The number of aliphatic hydroxyl groups excluding tert-OH is 1. The summed E-state index contributed by atoms with van der Waals surface area (Å²) in [5.41, 5.74) is 0. The van der Waals surface area contributed by atoms with E-state index in [-0.39, 0.29) is 6.10 Å². The van der Waals surface area contributed by atoms with Crippen molar-refractivity contribution in [2.24, 2.45) is 0 Å². The van der Waals surface area contributed by atoms with Crippen molar-refractivity contribution in [2.75, 3.05) is 53.6 Å². The molecule has 1 aliphatic rings. The summed E-state index contributed by atoms with van der Waals surface area (Å²) in [7, 11) is 3.64. The molecule has 1 aromatic rings. The van der Waals surface area contributed by atoms with Crippen LogP contribution in [0.1, 0.15) is 11.5 Å². The molecule has 120 valence electrons. The number of morpholine rings is 1. The lowest BCUT2D eigenvalue weighted by atomic mass is 10.2. The van der Waals surface area contributed by atoms with E-state index in [1.165, 1.54) is 0 Å². The van der Waals surface area contributed by atoms with Crippen molar-refractivity contribution in [1.29, 1.82) is 0 Å². The van der Waals surface area contributed by atoms with E-state index in [9.17, 15) is 5.11 Å². The number of β-amino-alcohol motifs (C(OH)–C–C–N with tert-alkyl or cyclic N) is 1. The van der Waals surface area contributed by atoms with E-state index < -0.39 is 0 Å². The van der Waals surface area contributed by atoms with Gasteiger partial charge in [-0.3, -0.25) is 9.80 Å². The van der Waals surface area contributed by atoms with Gasteiger partial charge in [0.2, 0.25) is 0 Å². The highest BCUT2D eigenvalue weighted by Crippen LogP contribution is 2.11. The van der Waals surface area contributed by atoms with Gasteiger partial charge in [0.25, 0.3) is 0 Å². The van der Waals surface area contributed by atoms with Crippen LogP contribution in [0.4, 0.5) is 0 Å². The number of furan rings is 1. The van der Waals surface area contributed by atoms with Crippen LogP contribution in [-0.4, -0.2) is 74.6 Å². The van der Waals surface area contributed by atoms with Crippen LogP contribution in [0.3, 0.4) is 0 Å². The molecule has 0 radical (unpaired) electrons. The Labute approximate surface area is 126 Å². The van der Waals surface area contributed by atoms with Crippen molar-refractivity contribution in [3.63, 3.8) is 0 Å². The first-order valence-corrected chi connectivity index (χ1v) is 7.40. The molecule has 1 aliphatic heterocycles. The number of hydrogen-bond donors (Lipinski definition) is 1. The quantitative estimate of drug-likeness (QED) is 0.756. The molecule has 1 N–H and O–H groups in total. The molecule has 21 heavy (non-hydrogen) atoms. The maximum absolute atomic E-state index is 10.2. The molecule has 0 aliphatic carbocycles. The Hall–Kier alpha value is -0.920. The molecule has 0 bridgehead atoms. The van der Waals surface area contributed by atoms with Gasteiger partial charge in [-0.1, -0.05) is 0 Å². The fourth-order valence-corrected chi connectivity index (χ4v) is 2.56. The molecule has 6 heteroatoms. The third-order valence-electron chi connectivity index (χ3n) is 3.52. The highest BCUT2D eigenvalue weighted by atomic mass is 16.5. The summed E-state index contributed by atoms with van der Waals surface area (Å²) in [5.74, 6) is 1.72. The normalized spacial score (nSPS) is 18.3. The number of hydrogen-bond acceptors (Lipinski definition) is 6. The molecule has 1 saturated heterocycles. The maximum Gasteiger partial charge on any atom is 0.129 e. The van der Waals surface area contributed by atoms with Gasteiger partial charge in [0, 0.05) is 33.3 Å². The van der Waals surface area contributed by atoms with Crippen LogP contribution in [0.2, 0.25) is 0 Å². The Morgan fingerprint density at radius 3 is 2.76 bits per heavy atom. The van der Waals surface area contributed by atoms with E-state index in [1.54, 1.807) is 7.11 Å². The van der Waals surface area contributed by atoms with Gasteiger partial charge >= 0.3 is 0 Å². The van der Waals surface area contributed by atoms with E-state index in [0.29, 0.717) is 26.2 Å². The smallest absolute Gasteiger partial charge is 0.129 e. The predicted octanol–water partition coefficient (Wildman–Crippen LogP) is 0.551. The number of rotatable bonds is 8. The SMILES string of the molecule is COCc1ccc(CN(C)CC(O)CN2CCOCC2)o1. The van der Waals surface area contributed by atoms with Crippen molar-refractivity contribution in [1.82, 2.24) is 9.80 Å². The summed E-state index contributed by atoms with van der Waals surface area (Å²) in [5, 5.41) is 10.2. The average molecular weight is 298 g/mol. The fourth-order valence-electron chi connectivity index (χ4n) is 2.56. The topological polar surface area (TPSA) is 58.3 Å². The zero-order valence-electron chi connectivity index (χ0n) is 13.0. The zero-order chi connectivity index (χ0) is 15.1. The molecule has 0 amide bonds. The number of nitrogens with zero attached hydrogens (tertiary/aromatic N) is 2. The van der Waals surface area contributed by atoms with E-state index in [4.69, 9.17) is 13.9 Å². The van der Waals surface area contributed by atoms with Gasteiger partial charge in [0.15, 0.2) is 0 Å². The van der Waals surface area contributed by atoms with Gasteiger partial charge in [-0.2, -0.15) is 0 Å². The summed E-state index contributed by atoms with van der Waals surface area (Å²) in [6.45, 7) is 5.82. The van der Waals surface area contributed by atoms with Gasteiger partial charge in [-0.05, 0) is 19.2 Å². The summed E-state index contributed by atoms with van der Waals surface area (Å²) in [4.78, 5) is 4.31. The third kappa shape index (κ3) is 5.76. The molecule has 1 atom stereocenters. The molecule has 0 saturated carbocycles. The lowest BCUT2D eigenvalue weighted by Crippen LogP contribution is -2.43.